The number of aliphatic imine (C=N–C) groups is 1. The standard InChI is InChI=1S/C18H28BrN3OS/c1-3-20-17(21-10-13-24-2)22-14-18(8-11-23-12-9-18)15-4-6-16(19)7-5-15/h4-7H,3,8-14H2,1-2H3,(H2,20,21,22). The lowest BCUT2D eigenvalue weighted by Crippen LogP contribution is -2.41. The van der Waals surface area contributed by atoms with Crippen LogP contribution in [0.1, 0.15) is 25.3 Å². The molecule has 0 amide bonds. The summed E-state index contributed by atoms with van der Waals surface area (Å²) in [5.41, 5.74) is 1.43. The van der Waals surface area contributed by atoms with E-state index in [1.165, 1.54) is 5.56 Å². The van der Waals surface area contributed by atoms with Crippen molar-refractivity contribution in [2.24, 2.45) is 4.99 Å². The summed E-state index contributed by atoms with van der Waals surface area (Å²) >= 11 is 5.37. The first kappa shape index (κ1) is 19.6. The van der Waals surface area contributed by atoms with E-state index in [0.717, 1.165) is 61.9 Å². The number of hydrogen-bond acceptors (Lipinski definition) is 3. The number of nitrogens with zero attached hydrogens (tertiary/aromatic N) is 1. The average Bonchev–Trinajstić information content (AvgIpc) is 2.61. The van der Waals surface area contributed by atoms with Crippen molar-refractivity contribution in [3.8, 4) is 0 Å². The first-order valence-electron chi connectivity index (χ1n) is 8.55. The van der Waals surface area contributed by atoms with Crippen molar-refractivity contribution in [3.63, 3.8) is 0 Å². The van der Waals surface area contributed by atoms with Crippen molar-refractivity contribution >= 4 is 33.7 Å². The molecule has 1 aromatic carbocycles. The van der Waals surface area contributed by atoms with Crippen LogP contribution in [0.5, 0.6) is 0 Å². The SMILES string of the molecule is CCNC(=NCC1(c2ccc(Br)cc2)CCOCC1)NCCSC. The Kier molecular flexibility index (Phi) is 8.42. The molecule has 1 saturated heterocycles. The number of thioether (sulfide) groups is 1. The molecule has 4 nitrogen and oxygen atoms in total. The highest BCUT2D eigenvalue weighted by Gasteiger charge is 2.34. The lowest BCUT2D eigenvalue weighted by molar-refractivity contribution is 0.0531. The summed E-state index contributed by atoms with van der Waals surface area (Å²) in [4.78, 5) is 4.90. The summed E-state index contributed by atoms with van der Waals surface area (Å²) in [6.45, 7) is 6.31. The van der Waals surface area contributed by atoms with Crippen molar-refractivity contribution in [1.82, 2.24) is 10.6 Å². The van der Waals surface area contributed by atoms with Crippen molar-refractivity contribution in [2.45, 2.75) is 25.2 Å². The number of benzene rings is 1. The highest BCUT2D eigenvalue weighted by molar-refractivity contribution is 9.10. The van der Waals surface area contributed by atoms with Crippen molar-refractivity contribution in [1.29, 1.82) is 0 Å². The minimum atomic E-state index is 0.0702. The first-order valence-corrected chi connectivity index (χ1v) is 10.7. The second-order valence-corrected chi connectivity index (χ2v) is 7.92. The predicted octanol–water partition coefficient (Wildman–Crippen LogP) is 3.42. The molecule has 0 atom stereocenters. The molecule has 134 valence electrons. The van der Waals surface area contributed by atoms with Gasteiger partial charge in [-0.3, -0.25) is 4.99 Å². The van der Waals surface area contributed by atoms with Crippen LogP contribution >= 0.6 is 27.7 Å². The van der Waals surface area contributed by atoms with E-state index in [9.17, 15) is 0 Å². The number of halogens is 1. The average molecular weight is 414 g/mol. The summed E-state index contributed by atoms with van der Waals surface area (Å²) in [6, 6.07) is 8.69. The van der Waals surface area contributed by atoms with Crippen LogP contribution in [0, 0.1) is 0 Å². The second kappa shape index (κ2) is 10.3. The van der Waals surface area contributed by atoms with Crippen LogP contribution in [0.15, 0.2) is 33.7 Å². The molecular weight excluding hydrogens is 386 g/mol. The minimum absolute atomic E-state index is 0.0702. The van der Waals surface area contributed by atoms with E-state index in [0.29, 0.717) is 0 Å². The Labute approximate surface area is 158 Å². The van der Waals surface area contributed by atoms with Crippen LogP contribution in [0.3, 0.4) is 0 Å². The molecule has 1 heterocycles. The Hall–Kier alpha value is -0.720. The molecule has 2 N–H and O–H groups in total. The van der Waals surface area contributed by atoms with Gasteiger partial charge >= 0.3 is 0 Å². The van der Waals surface area contributed by atoms with Crippen molar-refractivity contribution in [3.05, 3.63) is 34.3 Å². The fourth-order valence-corrected chi connectivity index (χ4v) is 3.52. The molecule has 1 fully saturated rings. The van der Waals surface area contributed by atoms with E-state index in [4.69, 9.17) is 9.73 Å². The van der Waals surface area contributed by atoms with Gasteiger partial charge in [-0.2, -0.15) is 11.8 Å². The van der Waals surface area contributed by atoms with Gasteiger partial charge in [0.2, 0.25) is 0 Å². The Balaban J connectivity index is 2.14. The summed E-state index contributed by atoms with van der Waals surface area (Å²) in [5.74, 6) is 1.99. The van der Waals surface area contributed by atoms with Gasteiger partial charge < -0.3 is 15.4 Å². The Morgan fingerprint density at radius 2 is 1.96 bits per heavy atom. The molecule has 2 rings (SSSR count). The van der Waals surface area contributed by atoms with E-state index in [2.05, 4.69) is 64.0 Å². The molecule has 0 unspecified atom stereocenters. The van der Waals surface area contributed by atoms with Crippen LogP contribution in [0.25, 0.3) is 0 Å². The van der Waals surface area contributed by atoms with E-state index in [1.54, 1.807) is 0 Å². The van der Waals surface area contributed by atoms with Gasteiger partial charge in [-0.15, -0.1) is 0 Å². The van der Waals surface area contributed by atoms with Gasteiger partial charge in [-0.1, -0.05) is 28.1 Å². The van der Waals surface area contributed by atoms with Gasteiger partial charge in [0.15, 0.2) is 5.96 Å². The molecule has 24 heavy (non-hydrogen) atoms. The van der Waals surface area contributed by atoms with Crippen LogP contribution in [-0.2, 0) is 10.2 Å². The molecule has 0 aromatic heterocycles. The monoisotopic (exact) mass is 413 g/mol. The minimum Gasteiger partial charge on any atom is -0.381 e. The lowest BCUT2D eigenvalue weighted by atomic mass is 9.74. The molecule has 1 aliphatic rings. The van der Waals surface area contributed by atoms with Crippen molar-refractivity contribution < 1.29 is 4.74 Å². The largest absolute Gasteiger partial charge is 0.381 e. The van der Waals surface area contributed by atoms with Gasteiger partial charge in [0.25, 0.3) is 0 Å². The number of ether oxygens (including phenoxy) is 1. The zero-order valence-electron chi connectivity index (χ0n) is 14.6. The summed E-state index contributed by atoms with van der Waals surface area (Å²) in [7, 11) is 0. The first-order chi connectivity index (χ1) is 11.7. The quantitative estimate of drug-likeness (QED) is 0.408. The van der Waals surface area contributed by atoms with Crippen LogP contribution in [-0.4, -0.2) is 50.8 Å². The van der Waals surface area contributed by atoms with Gasteiger partial charge in [0, 0.05) is 41.9 Å². The maximum atomic E-state index is 5.61. The molecule has 1 aromatic rings. The highest BCUT2D eigenvalue weighted by Crippen LogP contribution is 2.35. The third-order valence-corrected chi connectivity index (χ3v) is 5.53. The second-order valence-electron chi connectivity index (χ2n) is 6.01. The van der Waals surface area contributed by atoms with E-state index in [-0.39, 0.29) is 5.41 Å². The topological polar surface area (TPSA) is 45.7 Å². The summed E-state index contributed by atoms with van der Waals surface area (Å²) in [5, 5.41) is 6.77. The molecule has 0 aliphatic carbocycles. The van der Waals surface area contributed by atoms with Crippen molar-refractivity contribution in [2.75, 3.05) is 44.9 Å². The number of rotatable bonds is 7. The molecule has 0 bridgehead atoms. The zero-order chi connectivity index (χ0) is 17.3. The molecular formula is C18H28BrN3OS. The Morgan fingerprint density at radius 1 is 1.25 bits per heavy atom. The van der Waals surface area contributed by atoms with Crippen LogP contribution in [0.4, 0.5) is 0 Å². The molecule has 0 radical (unpaired) electrons. The lowest BCUT2D eigenvalue weighted by Gasteiger charge is -2.36. The van der Waals surface area contributed by atoms with Gasteiger partial charge in [0.1, 0.15) is 0 Å². The van der Waals surface area contributed by atoms with Crippen LogP contribution in [0.2, 0.25) is 0 Å². The molecule has 1 aliphatic heterocycles. The van der Waals surface area contributed by atoms with E-state index < -0.39 is 0 Å². The summed E-state index contributed by atoms with van der Waals surface area (Å²) < 4.78 is 6.73. The zero-order valence-corrected chi connectivity index (χ0v) is 17.0. The summed E-state index contributed by atoms with van der Waals surface area (Å²) in [6.07, 6.45) is 4.15. The number of guanidine groups is 1. The Morgan fingerprint density at radius 3 is 2.58 bits per heavy atom. The normalized spacial score (nSPS) is 17.5. The predicted molar refractivity (Wildman–Crippen MR) is 108 cm³/mol. The van der Waals surface area contributed by atoms with Gasteiger partial charge in [-0.05, 0) is 43.7 Å². The third kappa shape index (κ3) is 5.67. The molecule has 0 saturated carbocycles. The molecule has 6 heteroatoms. The van der Waals surface area contributed by atoms with Gasteiger partial charge in [-0.25, -0.2) is 0 Å². The number of hydrogen-bond donors (Lipinski definition) is 2. The van der Waals surface area contributed by atoms with E-state index in [1.807, 2.05) is 11.8 Å². The highest BCUT2D eigenvalue weighted by atomic mass is 79.9. The smallest absolute Gasteiger partial charge is 0.191 e. The maximum Gasteiger partial charge on any atom is 0.191 e. The number of nitrogens with one attached hydrogen (secondary N) is 2. The van der Waals surface area contributed by atoms with E-state index >= 15 is 0 Å². The third-order valence-electron chi connectivity index (χ3n) is 4.39. The van der Waals surface area contributed by atoms with Crippen LogP contribution < -0.4 is 10.6 Å². The fraction of sp³-hybridized carbons (Fsp3) is 0.611. The molecule has 0 spiro atoms. The van der Waals surface area contributed by atoms with Gasteiger partial charge in [0.05, 0.1) is 6.54 Å². The maximum absolute atomic E-state index is 5.61. The Bertz CT molecular complexity index is 516. The fourth-order valence-electron chi connectivity index (χ4n) is 2.95.